The highest BCUT2D eigenvalue weighted by Gasteiger charge is 2.43. The van der Waals surface area contributed by atoms with Crippen molar-refractivity contribution < 1.29 is 14.3 Å². The zero-order chi connectivity index (χ0) is 27.0. The Bertz CT molecular complexity index is 1210. The van der Waals surface area contributed by atoms with Gasteiger partial charge in [0.05, 0.1) is 30.5 Å². The van der Waals surface area contributed by atoms with Gasteiger partial charge < -0.3 is 30.1 Å². The number of methoxy groups -OCH3 is 1. The number of hydrogen-bond acceptors (Lipinski definition) is 8. The number of likely N-dealkylation sites (tertiary alicyclic amines) is 1. The molecule has 0 radical (unpaired) electrons. The fraction of sp³-hybridized carbons (Fsp3) is 0.571. The van der Waals surface area contributed by atoms with E-state index in [0.717, 1.165) is 43.9 Å². The Morgan fingerprint density at radius 2 is 1.95 bits per heavy atom. The quantitative estimate of drug-likeness (QED) is 0.572. The van der Waals surface area contributed by atoms with Crippen LogP contribution in [0, 0.1) is 5.41 Å². The van der Waals surface area contributed by atoms with E-state index in [-0.39, 0.29) is 17.9 Å². The maximum Gasteiger partial charge on any atom is 0.251 e. The van der Waals surface area contributed by atoms with Crippen LogP contribution in [0.5, 0.6) is 5.75 Å². The SMILES string of the molecule is CCC1(C)CN(C2CCCC2)c2nc(Nc3ccc(C(=O)NC4CN(C)C4)cc3OC)ncc2N(C)C1=O. The number of benzene rings is 1. The lowest BCUT2D eigenvalue weighted by Gasteiger charge is -2.36. The molecule has 3 aliphatic rings. The van der Waals surface area contributed by atoms with Gasteiger partial charge in [-0.05, 0) is 51.4 Å². The number of hydrogen-bond donors (Lipinski definition) is 2. The molecule has 204 valence electrons. The van der Waals surface area contributed by atoms with Gasteiger partial charge in [-0.1, -0.05) is 19.8 Å². The van der Waals surface area contributed by atoms with Crippen molar-refractivity contribution in [3.05, 3.63) is 30.0 Å². The lowest BCUT2D eigenvalue weighted by molar-refractivity contribution is -0.126. The van der Waals surface area contributed by atoms with E-state index in [0.29, 0.717) is 35.5 Å². The van der Waals surface area contributed by atoms with Crippen molar-refractivity contribution in [3.63, 3.8) is 0 Å². The maximum absolute atomic E-state index is 13.5. The molecule has 1 aromatic heterocycles. The van der Waals surface area contributed by atoms with E-state index in [2.05, 4.69) is 39.3 Å². The summed E-state index contributed by atoms with van der Waals surface area (Å²) in [4.78, 5) is 41.9. The highest BCUT2D eigenvalue weighted by Crippen LogP contribution is 2.42. The number of nitrogens with one attached hydrogen (secondary N) is 2. The van der Waals surface area contributed by atoms with Gasteiger partial charge in [0.2, 0.25) is 11.9 Å². The molecule has 1 unspecified atom stereocenters. The molecule has 0 bridgehead atoms. The van der Waals surface area contributed by atoms with E-state index in [1.165, 1.54) is 12.8 Å². The van der Waals surface area contributed by atoms with Crippen LogP contribution in [0.25, 0.3) is 0 Å². The molecule has 1 aromatic carbocycles. The van der Waals surface area contributed by atoms with Crippen LogP contribution in [0.1, 0.15) is 56.3 Å². The molecule has 10 heteroatoms. The van der Waals surface area contributed by atoms with Gasteiger partial charge in [0.15, 0.2) is 5.82 Å². The number of carbonyl (C=O) groups excluding carboxylic acids is 2. The Kier molecular flexibility index (Phi) is 7.17. The summed E-state index contributed by atoms with van der Waals surface area (Å²) in [6.45, 7) is 6.47. The highest BCUT2D eigenvalue weighted by atomic mass is 16.5. The molecule has 0 spiro atoms. The number of rotatable bonds is 7. The van der Waals surface area contributed by atoms with Crippen LogP contribution in [-0.4, -0.2) is 79.6 Å². The fourth-order valence-corrected chi connectivity index (χ4v) is 5.80. The summed E-state index contributed by atoms with van der Waals surface area (Å²) in [6.07, 6.45) is 7.05. The minimum Gasteiger partial charge on any atom is -0.495 e. The average Bonchev–Trinajstić information content (AvgIpc) is 3.42. The summed E-state index contributed by atoms with van der Waals surface area (Å²) < 4.78 is 5.61. The van der Waals surface area contributed by atoms with Crippen molar-refractivity contribution in [2.24, 2.45) is 5.41 Å². The van der Waals surface area contributed by atoms with E-state index in [1.807, 2.05) is 20.2 Å². The number of aromatic nitrogens is 2. The molecular weight excluding hydrogens is 482 g/mol. The average molecular weight is 522 g/mol. The lowest BCUT2D eigenvalue weighted by atomic mass is 9.85. The van der Waals surface area contributed by atoms with Gasteiger partial charge in [-0.2, -0.15) is 4.98 Å². The Morgan fingerprint density at radius 3 is 2.61 bits per heavy atom. The zero-order valence-corrected chi connectivity index (χ0v) is 23.1. The highest BCUT2D eigenvalue weighted by molar-refractivity contribution is 6.01. The van der Waals surface area contributed by atoms with Crippen LogP contribution in [-0.2, 0) is 4.79 Å². The molecule has 3 heterocycles. The monoisotopic (exact) mass is 521 g/mol. The van der Waals surface area contributed by atoms with Crippen LogP contribution >= 0.6 is 0 Å². The smallest absolute Gasteiger partial charge is 0.251 e. The van der Waals surface area contributed by atoms with Crippen molar-refractivity contribution >= 4 is 35.0 Å². The largest absolute Gasteiger partial charge is 0.495 e. The Labute approximate surface area is 224 Å². The first kappa shape index (κ1) is 26.2. The van der Waals surface area contributed by atoms with E-state index in [1.54, 1.807) is 30.3 Å². The Balaban J connectivity index is 1.43. The van der Waals surface area contributed by atoms with Crippen LogP contribution in [0.2, 0.25) is 0 Å². The molecule has 2 aromatic rings. The van der Waals surface area contributed by atoms with Gasteiger partial charge in [0.25, 0.3) is 5.91 Å². The number of nitrogens with zero attached hydrogens (tertiary/aromatic N) is 5. The van der Waals surface area contributed by atoms with Gasteiger partial charge in [0.1, 0.15) is 11.4 Å². The van der Waals surface area contributed by atoms with Crippen molar-refractivity contribution in [1.29, 1.82) is 0 Å². The Hall–Kier alpha value is -3.40. The van der Waals surface area contributed by atoms with Crippen LogP contribution in [0.15, 0.2) is 24.4 Å². The van der Waals surface area contributed by atoms with Gasteiger partial charge >= 0.3 is 0 Å². The molecular formula is C28H39N7O3. The Morgan fingerprint density at radius 1 is 1.21 bits per heavy atom. The van der Waals surface area contributed by atoms with Gasteiger partial charge in [-0.15, -0.1) is 0 Å². The summed E-state index contributed by atoms with van der Waals surface area (Å²) in [5, 5.41) is 6.34. The first-order valence-corrected chi connectivity index (χ1v) is 13.6. The van der Waals surface area contributed by atoms with Gasteiger partial charge in [-0.3, -0.25) is 9.59 Å². The molecule has 1 saturated carbocycles. The molecule has 1 aliphatic carbocycles. The van der Waals surface area contributed by atoms with Crippen molar-refractivity contribution in [2.45, 2.75) is 58.0 Å². The standard InChI is InChI=1S/C28H39N7O3/c1-6-28(2)17-35(20-9-7-8-10-20)24-22(34(4)26(28)37)14-29-27(32-24)31-21-12-11-18(13-23(21)38-5)25(36)30-19-15-33(3)16-19/h11-14,19-20H,6-10,15-17H2,1-5H3,(H,30,36)(H,29,31,32). The molecule has 1 saturated heterocycles. The van der Waals surface area contributed by atoms with Crippen molar-refractivity contribution in [2.75, 3.05) is 56.0 Å². The maximum atomic E-state index is 13.5. The molecule has 2 amide bonds. The molecule has 2 aliphatic heterocycles. The van der Waals surface area contributed by atoms with Gasteiger partial charge in [-0.25, -0.2) is 4.98 Å². The zero-order valence-electron chi connectivity index (χ0n) is 23.1. The van der Waals surface area contributed by atoms with E-state index in [4.69, 9.17) is 9.72 Å². The predicted octanol–water partition coefficient (Wildman–Crippen LogP) is 3.41. The minimum absolute atomic E-state index is 0.0927. The molecule has 5 rings (SSSR count). The molecule has 1 atom stereocenters. The van der Waals surface area contributed by atoms with Crippen molar-refractivity contribution in [3.8, 4) is 5.75 Å². The number of ether oxygens (including phenoxy) is 1. The topological polar surface area (TPSA) is 103 Å². The molecule has 2 fully saturated rings. The first-order chi connectivity index (χ1) is 18.2. The predicted molar refractivity (Wildman–Crippen MR) is 148 cm³/mol. The normalized spacial score (nSPS) is 22.6. The second kappa shape index (κ2) is 10.4. The number of fused-ring (bicyclic) bond motifs is 1. The summed E-state index contributed by atoms with van der Waals surface area (Å²) in [7, 11) is 5.43. The summed E-state index contributed by atoms with van der Waals surface area (Å²) in [6, 6.07) is 5.84. The first-order valence-electron chi connectivity index (χ1n) is 13.6. The summed E-state index contributed by atoms with van der Waals surface area (Å²) >= 11 is 0. The number of anilines is 4. The minimum atomic E-state index is -0.500. The van der Waals surface area contributed by atoms with Crippen LogP contribution in [0.3, 0.4) is 0 Å². The number of carbonyl (C=O) groups is 2. The second-order valence-corrected chi connectivity index (χ2v) is 11.2. The second-order valence-electron chi connectivity index (χ2n) is 11.2. The third kappa shape index (κ3) is 4.89. The number of amides is 2. The molecule has 38 heavy (non-hydrogen) atoms. The van der Waals surface area contributed by atoms with Crippen molar-refractivity contribution in [1.82, 2.24) is 20.2 Å². The van der Waals surface area contributed by atoms with Gasteiger partial charge in [0, 0.05) is 38.3 Å². The third-order valence-corrected chi connectivity index (χ3v) is 8.38. The van der Waals surface area contributed by atoms with Crippen LogP contribution in [0.4, 0.5) is 23.1 Å². The lowest BCUT2D eigenvalue weighted by Crippen LogP contribution is -2.57. The fourth-order valence-electron chi connectivity index (χ4n) is 5.80. The van der Waals surface area contributed by atoms with Crippen LogP contribution < -0.4 is 25.2 Å². The summed E-state index contributed by atoms with van der Waals surface area (Å²) in [5.41, 5.74) is 1.43. The summed E-state index contributed by atoms with van der Waals surface area (Å²) in [5.74, 6) is 1.70. The molecule has 10 nitrogen and oxygen atoms in total. The van der Waals surface area contributed by atoms with E-state index in [9.17, 15) is 9.59 Å². The number of likely N-dealkylation sites (N-methyl/N-ethyl adjacent to an activating group) is 1. The van der Waals surface area contributed by atoms with E-state index < -0.39 is 5.41 Å². The third-order valence-electron chi connectivity index (χ3n) is 8.38. The molecule has 2 N–H and O–H groups in total. The van der Waals surface area contributed by atoms with E-state index >= 15 is 0 Å².